The summed E-state index contributed by atoms with van der Waals surface area (Å²) < 4.78 is 32.3. The van der Waals surface area contributed by atoms with Gasteiger partial charge in [-0.15, -0.1) is 11.3 Å². The van der Waals surface area contributed by atoms with Gasteiger partial charge in [0.2, 0.25) is 15.9 Å². The Morgan fingerprint density at radius 3 is 2.36 bits per heavy atom. The zero-order valence-electron chi connectivity index (χ0n) is 20.1. The molecule has 194 valence electrons. The SMILES string of the molecule is CCN1CCc2c(sc(NC(=O)c3ccc(S(=O)(=O)N4CCOCC4)cc3)c2C(=O)NNC(C)=O)C1. The molecule has 0 radical (unpaired) electrons. The number of thiophene rings is 1. The summed E-state index contributed by atoms with van der Waals surface area (Å²) in [5.41, 5.74) is 6.13. The summed E-state index contributed by atoms with van der Waals surface area (Å²) in [5.74, 6) is -1.39. The van der Waals surface area contributed by atoms with Crippen molar-refractivity contribution in [3.8, 4) is 0 Å². The van der Waals surface area contributed by atoms with Gasteiger partial charge in [0.05, 0.1) is 23.7 Å². The van der Waals surface area contributed by atoms with E-state index in [9.17, 15) is 22.8 Å². The molecule has 2 aliphatic heterocycles. The predicted octanol–water partition coefficient (Wildman–Crippen LogP) is 1.18. The molecular weight excluding hydrogens is 506 g/mol. The summed E-state index contributed by atoms with van der Waals surface area (Å²) >= 11 is 1.33. The van der Waals surface area contributed by atoms with Crippen LogP contribution in [0.2, 0.25) is 0 Å². The number of sulfonamides is 1. The Hall–Kier alpha value is -2.84. The van der Waals surface area contributed by atoms with Crippen LogP contribution in [0.15, 0.2) is 29.2 Å². The van der Waals surface area contributed by atoms with Crippen LogP contribution in [0.4, 0.5) is 5.00 Å². The molecule has 0 aliphatic carbocycles. The average Bonchev–Trinajstić information content (AvgIpc) is 3.24. The number of ether oxygens (including phenoxy) is 1. The van der Waals surface area contributed by atoms with Crippen molar-refractivity contribution in [2.24, 2.45) is 0 Å². The monoisotopic (exact) mass is 535 g/mol. The van der Waals surface area contributed by atoms with Gasteiger partial charge in [-0.05, 0) is 42.8 Å². The van der Waals surface area contributed by atoms with E-state index in [4.69, 9.17) is 4.74 Å². The lowest BCUT2D eigenvalue weighted by Gasteiger charge is -2.26. The molecule has 11 nitrogen and oxygen atoms in total. The molecule has 0 atom stereocenters. The molecule has 0 unspecified atom stereocenters. The number of fused-ring (bicyclic) bond motifs is 1. The van der Waals surface area contributed by atoms with Crippen LogP contribution in [0.3, 0.4) is 0 Å². The van der Waals surface area contributed by atoms with E-state index in [1.807, 2.05) is 0 Å². The molecule has 4 rings (SSSR count). The molecule has 3 amide bonds. The second kappa shape index (κ2) is 11.0. The van der Waals surface area contributed by atoms with E-state index in [0.717, 1.165) is 23.5 Å². The fourth-order valence-corrected chi connectivity index (χ4v) is 6.84. The van der Waals surface area contributed by atoms with Gasteiger partial charge in [0, 0.05) is 43.5 Å². The van der Waals surface area contributed by atoms with E-state index < -0.39 is 27.7 Å². The van der Waals surface area contributed by atoms with Crippen molar-refractivity contribution < 1.29 is 27.5 Å². The van der Waals surface area contributed by atoms with Gasteiger partial charge in [0.1, 0.15) is 5.00 Å². The van der Waals surface area contributed by atoms with Crippen molar-refractivity contribution in [3.63, 3.8) is 0 Å². The molecule has 36 heavy (non-hydrogen) atoms. The Balaban J connectivity index is 1.56. The molecule has 2 aliphatic rings. The van der Waals surface area contributed by atoms with Gasteiger partial charge >= 0.3 is 0 Å². The molecule has 13 heteroatoms. The fraction of sp³-hybridized carbons (Fsp3) is 0.435. The first-order chi connectivity index (χ1) is 17.2. The predicted molar refractivity (Wildman–Crippen MR) is 134 cm³/mol. The third kappa shape index (κ3) is 5.60. The minimum atomic E-state index is -3.67. The Labute approximate surface area is 213 Å². The second-order valence-corrected chi connectivity index (χ2v) is 11.5. The van der Waals surface area contributed by atoms with Gasteiger partial charge in [-0.25, -0.2) is 8.42 Å². The van der Waals surface area contributed by atoms with Gasteiger partial charge in [0.25, 0.3) is 11.8 Å². The summed E-state index contributed by atoms with van der Waals surface area (Å²) in [4.78, 5) is 40.6. The van der Waals surface area contributed by atoms with E-state index in [1.54, 1.807) is 0 Å². The van der Waals surface area contributed by atoms with Crippen LogP contribution in [0, 0.1) is 0 Å². The number of hydrazine groups is 1. The molecule has 0 bridgehead atoms. The second-order valence-electron chi connectivity index (χ2n) is 8.46. The number of carbonyl (C=O) groups is 3. The molecule has 1 fully saturated rings. The summed E-state index contributed by atoms with van der Waals surface area (Å²) in [6, 6.07) is 5.71. The normalized spacial score (nSPS) is 16.7. The quantitative estimate of drug-likeness (QED) is 0.473. The van der Waals surface area contributed by atoms with Gasteiger partial charge in [0.15, 0.2) is 0 Å². The van der Waals surface area contributed by atoms with Crippen molar-refractivity contribution in [1.29, 1.82) is 0 Å². The smallest absolute Gasteiger partial charge is 0.272 e. The first-order valence-corrected chi connectivity index (χ1v) is 13.9. The summed E-state index contributed by atoms with van der Waals surface area (Å²) in [6.07, 6.45) is 0.645. The highest BCUT2D eigenvalue weighted by atomic mass is 32.2. The highest BCUT2D eigenvalue weighted by Gasteiger charge is 2.29. The molecule has 1 saturated heterocycles. The highest BCUT2D eigenvalue weighted by molar-refractivity contribution is 7.89. The molecule has 1 aromatic carbocycles. The number of rotatable bonds is 6. The van der Waals surface area contributed by atoms with E-state index in [1.165, 1.54) is 46.8 Å². The molecule has 3 N–H and O–H groups in total. The van der Waals surface area contributed by atoms with E-state index in [0.29, 0.717) is 36.7 Å². The minimum absolute atomic E-state index is 0.0996. The van der Waals surface area contributed by atoms with Crippen LogP contribution < -0.4 is 16.2 Å². The van der Waals surface area contributed by atoms with E-state index in [-0.39, 0.29) is 23.5 Å². The number of amides is 3. The third-order valence-electron chi connectivity index (χ3n) is 6.11. The number of hydrogen-bond acceptors (Lipinski definition) is 8. The number of nitrogens with one attached hydrogen (secondary N) is 3. The Kier molecular flexibility index (Phi) is 8.05. The molecule has 0 spiro atoms. The lowest BCUT2D eigenvalue weighted by atomic mass is 10.0. The average molecular weight is 536 g/mol. The number of benzene rings is 1. The highest BCUT2D eigenvalue weighted by Crippen LogP contribution is 2.37. The van der Waals surface area contributed by atoms with Crippen molar-refractivity contribution in [2.45, 2.75) is 31.7 Å². The Bertz CT molecular complexity index is 1250. The van der Waals surface area contributed by atoms with Crippen molar-refractivity contribution in [1.82, 2.24) is 20.1 Å². The fourth-order valence-electron chi connectivity index (χ4n) is 4.15. The number of hydrogen-bond donors (Lipinski definition) is 3. The maximum absolute atomic E-state index is 13.1. The van der Waals surface area contributed by atoms with Crippen LogP contribution in [0.5, 0.6) is 0 Å². The minimum Gasteiger partial charge on any atom is -0.379 e. The summed E-state index contributed by atoms with van der Waals surface area (Å²) in [5, 5.41) is 3.20. The van der Waals surface area contributed by atoms with E-state index >= 15 is 0 Å². The Morgan fingerprint density at radius 1 is 1.03 bits per heavy atom. The topological polar surface area (TPSA) is 137 Å². The van der Waals surface area contributed by atoms with Crippen LogP contribution in [-0.4, -0.2) is 74.7 Å². The number of anilines is 1. The van der Waals surface area contributed by atoms with Crippen LogP contribution in [0.25, 0.3) is 0 Å². The standard InChI is InChI=1S/C23H29N5O6S2/c1-3-27-9-8-18-19(14-27)35-23(20(18)22(31)26-25-15(2)29)24-21(30)16-4-6-17(7-5-16)36(32,33)28-10-12-34-13-11-28/h4-7H,3,8-14H2,1-2H3,(H,24,30)(H,25,29)(H,26,31). The molecule has 2 aromatic rings. The van der Waals surface area contributed by atoms with Crippen molar-refractivity contribution >= 4 is 44.1 Å². The lowest BCUT2D eigenvalue weighted by Crippen LogP contribution is -2.41. The zero-order valence-corrected chi connectivity index (χ0v) is 21.8. The van der Waals surface area contributed by atoms with Gasteiger partial charge in [-0.3, -0.25) is 30.1 Å². The van der Waals surface area contributed by atoms with Gasteiger partial charge in [-0.1, -0.05) is 6.92 Å². The van der Waals surface area contributed by atoms with Crippen LogP contribution in [0.1, 0.15) is 45.0 Å². The first kappa shape index (κ1) is 26.2. The van der Waals surface area contributed by atoms with Crippen LogP contribution >= 0.6 is 11.3 Å². The van der Waals surface area contributed by atoms with Gasteiger partial charge < -0.3 is 10.1 Å². The van der Waals surface area contributed by atoms with E-state index in [2.05, 4.69) is 28.0 Å². The number of carbonyl (C=O) groups excluding carboxylic acids is 3. The molecule has 1 aromatic heterocycles. The van der Waals surface area contributed by atoms with Crippen LogP contribution in [-0.2, 0) is 32.5 Å². The zero-order chi connectivity index (χ0) is 25.9. The maximum Gasteiger partial charge on any atom is 0.272 e. The molecule has 3 heterocycles. The first-order valence-electron chi connectivity index (χ1n) is 11.6. The Morgan fingerprint density at radius 2 is 1.72 bits per heavy atom. The maximum atomic E-state index is 13.1. The van der Waals surface area contributed by atoms with Crippen molar-refractivity contribution in [3.05, 3.63) is 45.8 Å². The molecule has 0 saturated carbocycles. The van der Waals surface area contributed by atoms with Crippen molar-refractivity contribution in [2.75, 3.05) is 44.7 Å². The molecular formula is C23H29N5O6S2. The third-order valence-corrected chi connectivity index (χ3v) is 9.16. The summed E-state index contributed by atoms with van der Waals surface area (Å²) in [7, 11) is -3.67. The van der Waals surface area contributed by atoms with Gasteiger partial charge in [-0.2, -0.15) is 4.31 Å². The number of likely N-dealkylation sites (N-methyl/N-ethyl adjacent to an activating group) is 1. The lowest BCUT2D eigenvalue weighted by molar-refractivity contribution is -0.119. The summed E-state index contributed by atoms with van der Waals surface area (Å²) in [6.45, 7) is 6.93. The number of morpholine rings is 1. The number of nitrogens with zero attached hydrogens (tertiary/aromatic N) is 2. The largest absolute Gasteiger partial charge is 0.379 e.